The minimum absolute atomic E-state index is 0.0274. The summed E-state index contributed by atoms with van der Waals surface area (Å²) < 4.78 is 4.85. The summed E-state index contributed by atoms with van der Waals surface area (Å²) in [7, 11) is 1.29. The highest BCUT2D eigenvalue weighted by Crippen LogP contribution is 2.32. The molecule has 1 aromatic rings. The van der Waals surface area contributed by atoms with Crippen molar-refractivity contribution in [1.82, 2.24) is 5.32 Å². The molecule has 24 heavy (non-hydrogen) atoms. The van der Waals surface area contributed by atoms with Gasteiger partial charge in [0.05, 0.1) is 18.3 Å². The average molecular weight is 330 g/mol. The molecule has 128 valence electrons. The molecule has 1 fully saturated rings. The lowest BCUT2D eigenvalue weighted by atomic mass is 9.80. The topological polar surface area (TPSA) is 84.5 Å². The van der Waals surface area contributed by atoms with Crippen molar-refractivity contribution < 1.29 is 19.1 Å². The van der Waals surface area contributed by atoms with Crippen LogP contribution in [0.4, 0.5) is 5.69 Å². The Balaban J connectivity index is 2.04. The second kappa shape index (κ2) is 6.73. The first kappa shape index (κ1) is 16.6. The summed E-state index contributed by atoms with van der Waals surface area (Å²) in [6.07, 6.45) is 4.13. The van der Waals surface area contributed by atoms with E-state index in [9.17, 15) is 14.4 Å². The van der Waals surface area contributed by atoms with Crippen LogP contribution >= 0.6 is 0 Å². The number of hydrogen-bond acceptors (Lipinski definition) is 5. The number of fused-ring (bicyclic) bond motifs is 1. The number of ether oxygens (including phenoxy) is 1. The number of carbonyl (C=O) groups is 3. The van der Waals surface area contributed by atoms with Gasteiger partial charge in [-0.2, -0.15) is 0 Å². The molecule has 1 aliphatic heterocycles. The molecule has 0 radical (unpaired) electrons. The molecule has 1 aromatic carbocycles. The molecule has 3 rings (SSSR count). The van der Waals surface area contributed by atoms with E-state index in [4.69, 9.17) is 4.74 Å². The first-order valence-electron chi connectivity index (χ1n) is 8.35. The highest BCUT2D eigenvalue weighted by atomic mass is 16.5. The number of nitrogens with one attached hydrogen (secondary N) is 2. The molecule has 6 nitrogen and oxygen atoms in total. The molecular weight excluding hydrogens is 308 g/mol. The van der Waals surface area contributed by atoms with Crippen LogP contribution < -0.4 is 10.6 Å². The van der Waals surface area contributed by atoms with Crippen LogP contribution in [0.1, 0.15) is 48.9 Å². The van der Waals surface area contributed by atoms with Crippen LogP contribution in [-0.4, -0.2) is 36.4 Å². The Morgan fingerprint density at radius 1 is 1.17 bits per heavy atom. The quantitative estimate of drug-likeness (QED) is 0.770. The van der Waals surface area contributed by atoms with Gasteiger partial charge in [0.1, 0.15) is 6.04 Å². The molecule has 0 saturated heterocycles. The summed E-state index contributed by atoms with van der Waals surface area (Å²) in [6.45, 7) is 0. The number of hydrogen-bond donors (Lipinski definition) is 2. The van der Waals surface area contributed by atoms with Crippen LogP contribution in [0.3, 0.4) is 0 Å². The van der Waals surface area contributed by atoms with E-state index >= 15 is 0 Å². The molecule has 1 saturated carbocycles. The monoisotopic (exact) mass is 330 g/mol. The van der Waals surface area contributed by atoms with Gasteiger partial charge < -0.3 is 10.1 Å². The molecule has 2 N–H and O–H groups in total. The van der Waals surface area contributed by atoms with Crippen LogP contribution in [0.15, 0.2) is 24.3 Å². The molecule has 1 unspecified atom stereocenters. The number of ketones is 1. The van der Waals surface area contributed by atoms with Crippen molar-refractivity contribution in [3.8, 4) is 0 Å². The largest absolute Gasteiger partial charge is 0.468 e. The van der Waals surface area contributed by atoms with Crippen molar-refractivity contribution >= 4 is 23.3 Å². The summed E-state index contributed by atoms with van der Waals surface area (Å²) in [5, 5.41) is 6.07. The zero-order valence-corrected chi connectivity index (χ0v) is 13.8. The SMILES string of the molecule is COC(=O)C1CC(=O)c2ccccc2NC(=O)C2(CCCCC2)N1. The van der Waals surface area contributed by atoms with Crippen LogP contribution in [0.25, 0.3) is 0 Å². The van der Waals surface area contributed by atoms with Crippen molar-refractivity contribution in [1.29, 1.82) is 0 Å². The fraction of sp³-hybridized carbons (Fsp3) is 0.500. The lowest BCUT2D eigenvalue weighted by Gasteiger charge is -2.38. The maximum absolute atomic E-state index is 13.0. The molecular formula is C18H22N2O4. The van der Waals surface area contributed by atoms with Gasteiger partial charge in [-0.25, -0.2) is 0 Å². The van der Waals surface area contributed by atoms with Gasteiger partial charge >= 0.3 is 5.97 Å². The van der Waals surface area contributed by atoms with Crippen molar-refractivity contribution in [3.63, 3.8) is 0 Å². The molecule has 6 heteroatoms. The van der Waals surface area contributed by atoms with Gasteiger partial charge in [0.15, 0.2) is 5.78 Å². The molecule has 0 aromatic heterocycles. The molecule has 1 amide bonds. The average Bonchev–Trinajstić information content (AvgIpc) is 2.64. The number of esters is 1. The number of Topliss-reactive ketones (excluding diaryl/α,β-unsaturated/α-hetero) is 1. The Labute approximate surface area is 140 Å². The van der Waals surface area contributed by atoms with Crippen LogP contribution in [0.5, 0.6) is 0 Å². The normalized spacial score (nSPS) is 23.5. The van der Waals surface area contributed by atoms with E-state index in [1.54, 1.807) is 24.3 Å². The zero-order valence-electron chi connectivity index (χ0n) is 13.8. The van der Waals surface area contributed by atoms with Crippen LogP contribution in [0, 0.1) is 0 Å². The summed E-state index contributed by atoms with van der Waals surface area (Å²) >= 11 is 0. The van der Waals surface area contributed by atoms with Gasteiger partial charge in [0.25, 0.3) is 0 Å². The third-order valence-corrected chi connectivity index (χ3v) is 4.94. The molecule has 0 bridgehead atoms. The number of rotatable bonds is 1. The minimum atomic E-state index is -0.838. The van der Waals surface area contributed by atoms with Crippen LogP contribution in [-0.2, 0) is 14.3 Å². The zero-order chi connectivity index (χ0) is 17.2. The molecule has 1 aliphatic carbocycles. The fourth-order valence-corrected chi connectivity index (χ4v) is 3.63. The van der Waals surface area contributed by atoms with Crippen molar-refractivity contribution in [2.75, 3.05) is 12.4 Å². The van der Waals surface area contributed by atoms with E-state index in [1.807, 2.05) is 0 Å². The first-order chi connectivity index (χ1) is 11.6. The van der Waals surface area contributed by atoms with Gasteiger partial charge in [0.2, 0.25) is 5.91 Å². The number of para-hydroxylation sites is 1. The summed E-state index contributed by atoms with van der Waals surface area (Å²) in [5.74, 6) is -0.889. The fourth-order valence-electron chi connectivity index (χ4n) is 3.63. The van der Waals surface area contributed by atoms with E-state index < -0.39 is 17.6 Å². The Morgan fingerprint density at radius 2 is 1.88 bits per heavy atom. The highest BCUT2D eigenvalue weighted by molar-refractivity contribution is 6.08. The molecule has 1 heterocycles. The van der Waals surface area contributed by atoms with E-state index in [0.717, 1.165) is 19.3 Å². The number of anilines is 1. The molecule has 2 aliphatic rings. The molecule has 1 spiro atoms. The Kier molecular flexibility index (Phi) is 4.66. The predicted molar refractivity (Wildman–Crippen MR) is 88.8 cm³/mol. The number of benzene rings is 1. The first-order valence-corrected chi connectivity index (χ1v) is 8.35. The predicted octanol–water partition coefficient (Wildman–Crippen LogP) is 2.05. The van der Waals surface area contributed by atoms with Gasteiger partial charge in [-0.15, -0.1) is 0 Å². The second-order valence-electron chi connectivity index (χ2n) is 6.49. The standard InChI is InChI=1S/C18H22N2O4/c1-24-16(22)14-11-15(21)12-7-3-4-8-13(12)19-17(23)18(20-14)9-5-2-6-10-18/h3-4,7-8,14,20H,2,5-6,9-11H2,1H3,(H,19,23). The summed E-state index contributed by atoms with van der Waals surface area (Å²) in [5.41, 5.74) is 0.0913. The third-order valence-electron chi connectivity index (χ3n) is 4.94. The van der Waals surface area contributed by atoms with Crippen molar-refractivity contribution in [2.45, 2.75) is 50.1 Å². The summed E-state index contributed by atoms with van der Waals surface area (Å²) in [6, 6.07) is 6.10. The molecule has 1 atom stereocenters. The maximum atomic E-state index is 13.0. The lowest BCUT2D eigenvalue weighted by Crippen LogP contribution is -2.60. The van der Waals surface area contributed by atoms with Crippen LogP contribution in [0.2, 0.25) is 0 Å². The van der Waals surface area contributed by atoms with Gasteiger partial charge in [0, 0.05) is 12.0 Å². The van der Waals surface area contributed by atoms with Crippen molar-refractivity contribution in [3.05, 3.63) is 29.8 Å². The van der Waals surface area contributed by atoms with E-state index in [2.05, 4.69) is 10.6 Å². The Hall–Kier alpha value is -2.21. The smallest absolute Gasteiger partial charge is 0.323 e. The number of carbonyl (C=O) groups excluding carboxylic acids is 3. The number of amides is 1. The van der Waals surface area contributed by atoms with E-state index in [-0.39, 0.29) is 18.1 Å². The highest BCUT2D eigenvalue weighted by Gasteiger charge is 2.44. The van der Waals surface area contributed by atoms with Gasteiger partial charge in [-0.1, -0.05) is 31.4 Å². The Morgan fingerprint density at radius 3 is 2.58 bits per heavy atom. The Bertz CT molecular complexity index is 665. The summed E-state index contributed by atoms with van der Waals surface area (Å²) in [4.78, 5) is 37.8. The van der Waals surface area contributed by atoms with Gasteiger partial charge in [-0.05, 0) is 25.0 Å². The lowest BCUT2D eigenvalue weighted by molar-refractivity contribution is -0.144. The van der Waals surface area contributed by atoms with E-state index in [1.165, 1.54) is 7.11 Å². The van der Waals surface area contributed by atoms with Gasteiger partial charge in [-0.3, -0.25) is 19.7 Å². The maximum Gasteiger partial charge on any atom is 0.323 e. The second-order valence-corrected chi connectivity index (χ2v) is 6.49. The number of methoxy groups -OCH3 is 1. The minimum Gasteiger partial charge on any atom is -0.468 e. The van der Waals surface area contributed by atoms with E-state index in [0.29, 0.717) is 24.1 Å². The van der Waals surface area contributed by atoms with Crippen molar-refractivity contribution in [2.24, 2.45) is 0 Å². The third kappa shape index (κ3) is 3.06.